The predicted molar refractivity (Wildman–Crippen MR) is 48.0 cm³/mol. The Morgan fingerprint density at radius 2 is 1.62 bits per heavy atom. The fourth-order valence-corrected chi connectivity index (χ4v) is 1.90. The number of hydrogen-bond donors (Lipinski definition) is 1. The molecule has 0 heterocycles. The molecule has 0 aliphatic rings. The lowest BCUT2D eigenvalue weighted by Crippen LogP contribution is -2.39. The highest BCUT2D eigenvalue weighted by atomic mass is 32.2. The lowest BCUT2D eigenvalue weighted by atomic mass is 10.2. The second-order valence-corrected chi connectivity index (χ2v) is 4.80. The zero-order chi connectivity index (χ0) is 12.6. The van der Waals surface area contributed by atoms with Crippen LogP contribution >= 0.6 is 0 Å². The molecule has 1 aromatic rings. The highest BCUT2D eigenvalue weighted by molar-refractivity contribution is 7.89. The summed E-state index contributed by atoms with van der Waals surface area (Å²) in [6, 6.07) is 4.63. The van der Waals surface area contributed by atoms with Gasteiger partial charge in [0.05, 0.1) is 4.90 Å². The average Bonchev–Trinajstić information content (AvgIpc) is 2.16. The van der Waals surface area contributed by atoms with Crippen molar-refractivity contribution in [2.45, 2.75) is 18.1 Å². The van der Waals surface area contributed by atoms with Crippen molar-refractivity contribution < 1.29 is 26.8 Å². The van der Waals surface area contributed by atoms with Gasteiger partial charge in [0.25, 0.3) is 10.0 Å². The first-order valence-electron chi connectivity index (χ1n) is 4.03. The van der Waals surface area contributed by atoms with Gasteiger partial charge in [-0.3, -0.25) is 5.21 Å². The van der Waals surface area contributed by atoms with Gasteiger partial charge in [-0.1, -0.05) is 17.7 Å². The van der Waals surface area contributed by atoms with Crippen molar-refractivity contribution in [3.63, 3.8) is 0 Å². The smallest absolute Gasteiger partial charge is 0.292 e. The van der Waals surface area contributed by atoms with E-state index in [1.54, 1.807) is 6.92 Å². The molecule has 0 radical (unpaired) electrons. The van der Waals surface area contributed by atoms with E-state index in [9.17, 15) is 21.6 Å². The van der Waals surface area contributed by atoms with Gasteiger partial charge in [0.1, 0.15) is 0 Å². The van der Waals surface area contributed by atoms with Crippen LogP contribution in [-0.4, -0.2) is 24.4 Å². The summed E-state index contributed by atoms with van der Waals surface area (Å²) in [7, 11) is -4.95. The summed E-state index contributed by atoms with van der Waals surface area (Å²) >= 11 is 0. The van der Waals surface area contributed by atoms with Crippen molar-refractivity contribution in [3.05, 3.63) is 29.8 Å². The second kappa shape index (κ2) is 4.04. The number of halogens is 3. The molecule has 90 valence electrons. The van der Waals surface area contributed by atoms with E-state index in [-0.39, 0.29) is 0 Å². The Labute approximate surface area is 89.9 Å². The molecule has 1 aromatic carbocycles. The SMILES string of the molecule is Cc1ccc(S(=O)(=O)N(O)C(F)(F)F)cc1. The molecular weight excluding hydrogens is 247 g/mol. The first kappa shape index (κ1) is 12.9. The Balaban J connectivity index is 3.17. The fraction of sp³-hybridized carbons (Fsp3) is 0.250. The number of alkyl halides is 3. The van der Waals surface area contributed by atoms with Crippen LogP contribution in [-0.2, 0) is 10.0 Å². The van der Waals surface area contributed by atoms with Crippen molar-refractivity contribution in [3.8, 4) is 0 Å². The predicted octanol–water partition coefficient (Wildman–Crippen LogP) is 1.89. The van der Waals surface area contributed by atoms with Crippen LogP contribution in [0, 0.1) is 6.92 Å². The molecule has 0 aliphatic heterocycles. The van der Waals surface area contributed by atoms with Crippen LogP contribution in [0.3, 0.4) is 0 Å². The van der Waals surface area contributed by atoms with Gasteiger partial charge in [0.15, 0.2) is 0 Å². The van der Waals surface area contributed by atoms with Crippen molar-refractivity contribution in [2.75, 3.05) is 0 Å². The number of sulfonamides is 1. The molecule has 0 aromatic heterocycles. The summed E-state index contributed by atoms with van der Waals surface area (Å²) in [6.45, 7) is 1.65. The van der Waals surface area contributed by atoms with Crippen molar-refractivity contribution in [1.82, 2.24) is 4.47 Å². The average molecular weight is 255 g/mol. The minimum absolute atomic E-state index is 0.627. The van der Waals surface area contributed by atoms with Crippen LogP contribution in [0.5, 0.6) is 0 Å². The zero-order valence-corrected chi connectivity index (χ0v) is 8.88. The molecular formula is C8H8F3NO3S. The minimum atomic E-state index is -5.36. The van der Waals surface area contributed by atoms with Crippen molar-refractivity contribution in [2.24, 2.45) is 0 Å². The Morgan fingerprint density at radius 3 is 2.00 bits per heavy atom. The summed E-state index contributed by atoms with van der Waals surface area (Å²) in [5.41, 5.74) is 0.690. The molecule has 8 heteroatoms. The van der Waals surface area contributed by atoms with E-state index in [1.165, 1.54) is 12.1 Å². The van der Waals surface area contributed by atoms with Crippen LogP contribution in [0.4, 0.5) is 13.2 Å². The zero-order valence-electron chi connectivity index (χ0n) is 8.06. The first-order valence-corrected chi connectivity index (χ1v) is 5.47. The number of benzene rings is 1. The molecule has 0 saturated carbocycles. The van der Waals surface area contributed by atoms with Crippen LogP contribution in [0.1, 0.15) is 5.56 Å². The van der Waals surface area contributed by atoms with E-state index in [0.29, 0.717) is 5.56 Å². The molecule has 0 fully saturated rings. The molecule has 4 nitrogen and oxygen atoms in total. The molecule has 1 N–H and O–H groups in total. The third kappa shape index (κ3) is 2.52. The third-order valence-electron chi connectivity index (χ3n) is 1.76. The van der Waals surface area contributed by atoms with E-state index in [2.05, 4.69) is 0 Å². The largest absolute Gasteiger partial charge is 0.497 e. The summed E-state index contributed by atoms with van der Waals surface area (Å²) in [5, 5.41) is 8.56. The minimum Gasteiger partial charge on any atom is -0.292 e. The highest BCUT2D eigenvalue weighted by Crippen LogP contribution is 2.26. The van der Waals surface area contributed by atoms with E-state index >= 15 is 0 Å². The fourth-order valence-electron chi connectivity index (χ4n) is 0.946. The Morgan fingerprint density at radius 1 is 1.19 bits per heavy atom. The van der Waals surface area contributed by atoms with Gasteiger partial charge in [0.2, 0.25) is 0 Å². The monoisotopic (exact) mass is 255 g/mol. The number of nitrogens with zero attached hydrogens (tertiary/aromatic N) is 1. The summed E-state index contributed by atoms with van der Waals surface area (Å²) in [4.78, 5) is -0.627. The maximum absolute atomic E-state index is 12.0. The Bertz CT molecular complexity index is 466. The van der Waals surface area contributed by atoms with Crippen LogP contribution in [0.25, 0.3) is 0 Å². The number of aryl methyl sites for hydroxylation is 1. The van der Waals surface area contributed by atoms with Crippen molar-refractivity contribution >= 4 is 10.0 Å². The Kier molecular flexibility index (Phi) is 3.27. The van der Waals surface area contributed by atoms with Crippen LogP contribution in [0.2, 0.25) is 0 Å². The molecule has 0 aliphatic carbocycles. The maximum atomic E-state index is 12.0. The lowest BCUT2D eigenvalue weighted by Gasteiger charge is -2.17. The highest BCUT2D eigenvalue weighted by Gasteiger charge is 2.46. The van der Waals surface area contributed by atoms with Gasteiger partial charge in [-0.15, -0.1) is 0 Å². The van der Waals surface area contributed by atoms with Gasteiger partial charge in [-0.05, 0) is 19.1 Å². The maximum Gasteiger partial charge on any atom is 0.497 e. The van der Waals surface area contributed by atoms with Crippen LogP contribution < -0.4 is 0 Å². The van der Waals surface area contributed by atoms with E-state index in [1.807, 2.05) is 0 Å². The molecule has 0 unspecified atom stereocenters. The third-order valence-corrected chi connectivity index (χ3v) is 3.29. The van der Waals surface area contributed by atoms with Crippen molar-refractivity contribution in [1.29, 1.82) is 0 Å². The molecule has 16 heavy (non-hydrogen) atoms. The van der Waals surface area contributed by atoms with Gasteiger partial charge in [0, 0.05) is 4.47 Å². The standard InChI is InChI=1S/C8H8F3NO3S/c1-6-2-4-7(5-3-6)16(14,15)12(13)8(9,10)11/h2-5,13H,1H3. The molecule has 0 saturated heterocycles. The Hall–Kier alpha value is -1.12. The summed E-state index contributed by atoms with van der Waals surface area (Å²) in [6.07, 6.45) is -5.36. The first-order chi connectivity index (χ1) is 7.15. The van der Waals surface area contributed by atoms with E-state index in [4.69, 9.17) is 5.21 Å². The quantitative estimate of drug-likeness (QED) is 0.648. The van der Waals surface area contributed by atoms with Gasteiger partial charge < -0.3 is 0 Å². The van der Waals surface area contributed by atoms with Gasteiger partial charge in [-0.2, -0.15) is 13.2 Å². The summed E-state index contributed by atoms with van der Waals surface area (Å²) in [5.74, 6) is 0. The van der Waals surface area contributed by atoms with Crippen LogP contribution in [0.15, 0.2) is 29.2 Å². The normalized spacial score (nSPS) is 13.1. The van der Waals surface area contributed by atoms with Gasteiger partial charge in [-0.25, -0.2) is 8.42 Å². The lowest BCUT2D eigenvalue weighted by molar-refractivity contribution is -0.303. The van der Waals surface area contributed by atoms with E-state index in [0.717, 1.165) is 12.1 Å². The number of hydrogen-bond acceptors (Lipinski definition) is 3. The molecule has 0 bridgehead atoms. The summed E-state index contributed by atoms with van der Waals surface area (Å²) < 4.78 is 56.9. The second-order valence-electron chi connectivity index (χ2n) is 3.03. The number of rotatable bonds is 2. The number of hydroxylamine groups is 1. The molecule has 1 rings (SSSR count). The van der Waals surface area contributed by atoms with Gasteiger partial charge >= 0.3 is 6.30 Å². The molecule has 0 spiro atoms. The topological polar surface area (TPSA) is 57.6 Å². The van der Waals surface area contributed by atoms with E-state index < -0.39 is 25.7 Å². The molecule has 0 atom stereocenters. The molecule has 0 amide bonds.